The molecule has 1 N–H and O–H groups in total. The molecule has 5 heteroatoms. The summed E-state index contributed by atoms with van der Waals surface area (Å²) in [5.41, 5.74) is 1.21. The van der Waals surface area contributed by atoms with Crippen LogP contribution in [-0.4, -0.2) is 11.9 Å². The number of carbonyl (C=O) groups is 2. The maximum absolute atomic E-state index is 11.5. The Balaban J connectivity index is 1.86. The van der Waals surface area contributed by atoms with Crippen molar-refractivity contribution in [3.8, 4) is 0 Å². The predicted molar refractivity (Wildman–Crippen MR) is 74.6 cm³/mol. The molecule has 1 amide bonds. The highest BCUT2D eigenvalue weighted by molar-refractivity contribution is 7.09. The molecule has 0 unspecified atom stereocenters. The van der Waals surface area contributed by atoms with Crippen LogP contribution in [0.3, 0.4) is 0 Å². The van der Waals surface area contributed by atoms with E-state index in [0.29, 0.717) is 11.3 Å². The van der Waals surface area contributed by atoms with Crippen LogP contribution < -0.4 is 5.32 Å². The molecule has 0 atom stereocenters. The zero-order valence-corrected chi connectivity index (χ0v) is 11.2. The van der Waals surface area contributed by atoms with Gasteiger partial charge < -0.3 is 4.74 Å². The lowest BCUT2D eigenvalue weighted by Crippen LogP contribution is -2.13. The molecule has 0 bridgehead atoms. The van der Waals surface area contributed by atoms with Crippen molar-refractivity contribution in [1.82, 2.24) is 0 Å². The number of ketones is 1. The summed E-state index contributed by atoms with van der Waals surface area (Å²) in [6.45, 7) is 1.76. The third kappa shape index (κ3) is 3.93. The SMILES string of the molecule is CC(=O)c1ccc(NC(=O)OCc2cccs2)cc1. The minimum atomic E-state index is -0.510. The molecule has 0 radical (unpaired) electrons. The largest absolute Gasteiger partial charge is 0.444 e. The smallest absolute Gasteiger partial charge is 0.411 e. The van der Waals surface area contributed by atoms with Crippen molar-refractivity contribution in [2.45, 2.75) is 13.5 Å². The first-order valence-electron chi connectivity index (χ1n) is 5.72. The van der Waals surface area contributed by atoms with Crippen LogP contribution in [-0.2, 0) is 11.3 Å². The van der Waals surface area contributed by atoms with E-state index in [4.69, 9.17) is 4.74 Å². The number of ether oxygens (including phenoxy) is 1. The number of amides is 1. The second-order valence-corrected chi connectivity index (χ2v) is 4.95. The summed E-state index contributed by atoms with van der Waals surface area (Å²) < 4.78 is 5.06. The van der Waals surface area contributed by atoms with E-state index in [1.54, 1.807) is 24.3 Å². The lowest BCUT2D eigenvalue weighted by Gasteiger charge is -2.06. The summed E-state index contributed by atoms with van der Waals surface area (Å²) in [4.78, 5) is 23.6. The molecule has 0 aliphatic rings. The highest BCUT2D eigenvalue weighted by Gasteiger charge is 2.05. The van der Waals surface area contributed by atoms with Gasteiger partial charge in [0.15, 0.2) is 5.78 Å². The number of benzene rings is 1. The van der Waals surface area contributed by atoms with Gasteiger partial charge in [-0.2, -0.15) is 0 Å². The lowest BCUT2D eigenvalue weighted by molar-refractivity contribution is 0.101. The fraction of sp³-hybridized carbons (Fsp3) is 0.143. The standard InChI is InChI=1S/C14H13NO3S/c1-10(16)11-4-6-12(7-5-11)15-14(17)18-9-13-3-2-8-19-13/h2-8H,9H2,1H3,(H,15,17). The lowest BCUT2D eigenvalue weighted by atomic mass is 10.1. The van der Waals surface area contributed by atoms with Crippen molar-refractivity contribution in [1.29, 1.82) is 0 Å². The van der Waals surface area contributed by atoms with Crippen LogP contribution in [0.15, 0.2) is 41.8 Å². The van der Waals surface area contributed by atoms with Gasteiger partial charge in [-0.25, -0.2) is 4.79 Å². The van der Waals surface area contributed by atoms with Gasteiger partial charge in [-0.15, -0.1) is 11.3 Å². The molecule has 1 heterocycles. The molecule has 19 heavy (non-hydrogen) atoms. The molecular formula is C14H13NO3S. The third-order valence-electron chi connectivity index (χ3n) is 2.46. The van der Waals surface area contributed by atoms with E-state index in [-0.39, 0.29) is 12.4 Å². The van der Waals surface area contributed by atoms with Crippen molar-refractivity contribution in [2.24, 2.45) is 0 Å². The highest BCUT2D eigenvalue weighted by Crippen LogP contribution is 2.12. The van der Waals surface area contributed by atoms with E-state index in [1.165, 1.54) is 18.3 Å². The Hall–Kier alpha value is -2.14. The van der Waals surface area contributed by atoms with Crippen LogP contribution in [0.1, 0.15) is 22.2 Å². The van der Waals surface area contributed by atoms with Crippen LogP contribution >= 0.6 is 11.3 Å². The maximum Gasteiger partial charge on any atom is 0.411 e. The van der Waals surface area contributed by atoms with Gasteiger partial charge in [0.05, 0.1) is 0 Å². The first kappa shape index (κ1) is 13.3. The topological polar surface area (TPSA) is 55.4 Å². The molecule has 1 aromatic heterocycles. The Labute approximate surface area is 115 Å². The number of thiophene rings is 1. The summed E-state index contributed by atoms with van der Waals surface area (Å²) in [6, 6.07) is 10.5. The van der Waals surface area contributed by atoms with Crippen molar-refractivity contribution >= 4 is 28.9 Å². The molecule has 0 aliphatic heterocycles. The van der Waals surface area contributed by atoms with Crippen LogP contribution in [0, 0.1) is 0 Å². The van der Waals surface area contributed by atoms with Gasteiger partial charge in [-0.1, -0.05) is 6.07 Å². The molecular weight excluding hydrogens is 262 g/mol. The summed E-state index contributed by atoms with van der Waals surface area (Å²) in [7, 11) is 0. The number of hydrogen-bond acceptors (Lipinski definition) is 4. The molecule has 0 fully saturated rings. The second kappa shape index (κ2) is 6.15. The molecule has 2 rings (SSSR count). The Kier molecular flexibility index (Phi) is 4.30. The van der Waals surface area contributed by atoms with Crippen molar-refractivity contribution in [3.05, 3.63) is 52.2 Å². The van der Waals surface area contributed by atoms with Crippen molar-refractivity contribution < 1.29 is 14.3 Å². The second-order valence-electron chi connectivity index (χ2n) is 3.91. The van der Waals surface area contributed by atoms with E-state index in [1.807, 2.05) is 17.5 Å². The fourth-order valence-corrected chi connectivity index (χ4v) is 2.09. The summed E-state index contributed by atoms with van der Waals surface area (Å²) >= 11 is 1.53. The molecule has 0 saturated heterocycles. The van der Waals surface area contributed by atoms with E-state index < -0.39 is 6.09 Å². The van der Waals surface area contributed by atoms with Crippen molar-refractivity contribution in [2.75, 3.05) is 5.32 Å². The van der Waals surface area contributed by atoms with Gasteiger partial charge in [0.25, 0.3) is 0 Å². The number of anilines is 1. The van der Waals surface area contributed by atoms with Crippen LogP contribution in [0.5, 0.6) is 0 Å². The quantitative estimate of drug-likeness (QED) is 0.866. The normalized spacial score (nSPS) is 9.95. The number of rotatable bonds is 4. The van der Waals surface area contributed by atoms with Crippen LogP contribution in [0.25, 0.3) is 0 Å². The van der Waals surface area contributed by atoms with Gasteiger partial charge in [-0.3, -0.25) is 10.1 Å². The molecule has 0 aliphatic carbocycles. The van der Waals surface area contributed by atoms with Crippen LogP contribution in [0.4, 0.5) is 10.5 Å². The Morgan fingerprint density at radius 3 is 2.53 bits per heavy atom. The summed E-state index contributed by atoms with van der Waals surface area (Å²) in [5.74, 6) is -0.00757. The monoisotopic (exact) mass is 275 g/mol. The maximum atomic E-state index is 11.5. The molecule has 0 spiro atoms. The molecule has 0 saturated carbocycles. The Bertz CT molecular complexity index is 561. The fourth-order valence-electron chi connectivity index (χ4n) is 1.47. The average molecular weight is 275 g/mol. The van der Waals surface area contributed by atoms with Crippen LogP contribution in [0.2, 0.25) is 0 Å². The first-order chi connectivity index (χ1) is 9.15. The predicted octanol–water partition coefficient (Wildman–Crippen LogP) is 3.70. The number of Topliss-reactive ketones (excluding diaryl/α,β-unsaturated/α-hetero) is 1. The first-order valence-corrected chi connectivity index (χ1v) is 6.60. The zero-order chi connectivity index (χ0) is 13.7. The third-order valence-corrected chi connectivity index (χ3v) is 3.31. The summed E-state index contributed by atoms with van der Waals surface area (Å²) in [5, 5.41) is 4.53. The summed E-state index contributed by atoms with van der Waals surface area (Å²) in [6.07, 6.45) is -0.510. The Morgan fingerprint density at radius 2 is 1.95 bits per heavy atom. The van der Waals surface area contributed by atoms with Gasteiger partial charge in [0.1, 0.15) is 6.61 Å². The number of hydrogen-bond donors (Lipinski definition) is 1. The van der Waals surface area contributed by atoms with Crippen molar-refractivity contribution in [3.63, 3.8) is 0 Å². The van der Waals surface area contributed by atoms with E-state index in [9.17, 15) is 9.59 Å². The van der Waals surface area contributed by atoms with Gasteiger partial charge in [0.2, 0.25) is 0 Å². The zero-order valence-electron chi connectivity index (χ0n) is 10.4. The minimum absolute atomic E-state index is 0.00757. The number of nitrogens with one attached hydrogen (secondary N) is 1. The number of carbonyl (C=O) groups excluding carboxylic acids is 2. The van der Waals surface area contributed by atoms with Gasteiger partial charge in [0, 0.05) is 16.1 Å². The van der Waals surface area contributed by atoms with E-state index in [2.05, 4.69) is 5.32 Å². The van der Waals surface area contributed by atoms with Gasteiger partial charge in [-0.05, 0) is 42.6 Å². The highest BCUT2D eigenvalue weighted by atomic mass is 32.1. The molecule has 4 nitrogen and oxygen atoms in total. The minimum Gasteiger partial charge on any atom is -0.444 e. The average Bonchev–Trinajstić information content (AvgIpc) is 2.90. The molecule has 98 valence electrons. The molecule has 1 aromatic carbocycles. The molecule has 2 aromatic rings. The van der Waals surface area contributed by atoms with E-state index >= 15 is 0 Å². The Morgan fingerprint density at radius 1 is 1.21 bits per heavy atom. The van der Waals surface area contributed by atoms with E-state index in [0.717, 1.165) is 4.88 Å². The van der Waals surface area contributed by atoms with Gasteiger partial charge >= 0.3 is 6.09 Å².